The van der Waals surface area contributed by atoms with E-state index in [1.54, 1.807) is 19.9 Å². The van der Waals surface area contributed by atoms with Gasteiger partial charge in [0.25, 0.3) is 0 Å². The highest BCUT2D eigenvalue weighted by Crippen LogP contribution is 2.24. The molecule has 0 bridgehead atoms. The van der Waals surface area contributed by atoms with E-state index in [-0.39, 0.29) is 57.8 Å². The SMILES string of the molecule is CCOC(=O)c1cc(=O)c2c(o1)=CCCC=2OCC(F)COc1cccc2oc(C(=O)OCC)cc(=O)c12. The summed E-state index contributed by atoms with van der Waals surface area (Å²) in [5.41, 5.74) is -0.796. The van der Waals surface area contributed by atoms with Crippen molar-refractivity contribution in [1.82, 2.24) is 0 Å². The van der Waals surface area contributed by atoms with Gasteiger partial charge < -0.3 is 27.8 Å². The average Bonchev–Trinajstić information content (AvgIpc) is 2.90. The third-order valence-corrected chi connectivity index (χ3v) is 5.48. The molecule has 3 aromatic rings. The van der Waals surface area contributed by atoms with Crippen LogP contribution < -0.4 is 26.2 Å². The number of benzene rings is 1. The van der Waals surface area contributed by atoms with E-state index >= 15 is 0 Å². The monoisotopic (exact) mass is 528 g/mol. The normalized spacial score (nSPS) is 13.3. The number of carbonyl (C=O) groups is 2. The van der Waals surface area contributed by atoms with Gasteiger partial charge in [0.1, 0.15) is 46.3 Å². The molecule has 38 heavy (non-hydrogen) atoms. The molecule has 0 saturated carbocycles. The molecule has 0 radical (unpaired) electrons. The number of halogens is 1. The Balaban J connectivity index is 1.48. The Bertz CT molecular complexity index is 1600. The third kappa shape index (κ3) is 5.77. The highest BCUT2D eigenvalue weighted by atomic mass is 19.1. The number of esters is 2. The molecule has 0 fully saturated rings. The van der Waals surface area contributed by atoms with E-state index in [9.17, 15) is 23.6 Å². The van der Waals surface area contributed by atoms with Gasteiger partial charge in [-0.05, 0) is 38.5 Å². The van der Waals surface area contributed by atoms with Crippen LogP contribution in [-0.4, -0.2) is 44.5 Å². The lowest BCUT2D eigenvalue weighted by atomic mass is 10.1. The van der Waals surface area contributed by atoms with E-state index in [4.69, 9.17) is 27.8 Å². The van der Waals surface area contributed by atoms with Gasteiger partial charge in [-0.2, -0.15) is 0 Å². The van der Waals surface area contributed by atoms with Crippen molar-refractivity contribution in [2.24, 2.45) is 0 Å². The first-order valence-electron chi connectivity index (χ1n) is 12.0. The fourth-order valence-electron chi connectivity index (χ4n) is 3.86. The summed E-state index contributed by atoms with van der Waals surface area (Å²) in [7, 11) is 0. The molecule has 0 aliphatic heterocycles. The summed E-state index contributed by atoms with van der Waals surface area (Å²) < 4.78 is 46.6. The Kier molecular flexibility index (Phi) is 8.25. The van der Waals surface area contributed by atoms with Gasteiger partial charge in [-0.25, -0.2) is 14.0 Å². The topological polar surface area (TPSA) is 131 Å². The van der Waals surface area contributed by atoms with Crippen LogP contribution in [0, 0.1) is 0 Å². The Morgan fingerprint density at radius 2 is 1.61 bits per heavy atom. The Morgan fingerprint density at radius 1 is 0.947 bits per heavy atom. The van der Waals surface area contributed by atoms with Crippen LogP contribution in [0.3, 0.4) is 0 Å². The van der Waals surface area contributed by atoms with Gasteiger partial charge in [0.05, 0.1) is 13.2 Å². The molecule has 200 valence electrons. The van der Waals surface area contributed by atoms with Crippen LogP contribution in [0.5, 0.6) is 5.75 Å². The molecule has 0 saturated heterocycles. The van der Waals surface area contributed by atoms with Crippen LogP contribution in [0.4, 0.5) is 4.39 Å². The number of hydrogen-bond acceptors (Lipinski definition) is 10. The number of rotatable bonds is 10. The maximum absolute atomic E-state index is 14.7. The smallest absolute Gasteiger partial charge is 0.374 e. The maximum Gasteiger partial charge on any atom is 0.374 e. The Hall–Kier alpha value is -4.41. The average molecular weight is 528 g/mol. The van der Waals surface area contributed by atoms with Crippen molar-refractivity contribution in [2.75, 3.05) is 26.4 Å². The molecule has 1 aliphatic carbocycles. The summed E-state index contributed by atoms with van der Waals surface area (Å²) >= 11 is 0. The van der Waals surface area contributed by atoms with Gasteiger partial charge in [0, 0.05) is 18.6 Å². The summed E-state index contributed by atoms with van der Waals surface area (Å²) in [6.45, 7) is 2.62. The van der Waals surface area contributed by atoms with E-state index in [2.05, 4.69) is 0 Å². The van der Waals surface area contributed by atoms with Crippen molar-refractivity contribution in [3.63, 3.8) is 0 Å². The minimum absolute atomic E-state index is 0.0507. The molecule has 1 aliphatic rings. The molecular formula is C27H25FO10. The van der Waals surface area contributed by atoms with E-state index in [1.807, 2.05) is 0 Å². The quantitative estimate of drug-likeness (QED) is 0.361. The van der Waals surface area contributed by atoms with Gasteiger partial charge in [-0.15, -0.1) is 0 Å². The first-order chi connectivity index (χ1) is 18.3. The van der Waals surface area contributed by atoms with Crippen molar-refractivity contribution < 1.29 is 41.8 Å². The maximum atomic E-state index is 14.7. The zero-order valence-corrected chi connectivity index (χ0v) is 20.7. The van der Waals surface area contributed by atoms with E-state index in [0.29, 0.717) is 12.8 Å². The summed E-state index contributed by atoms with van der Waals surface area (Å²) in [5, 5.41) is 0.177. The largest absolute Gasteiger partial charge is 0.494 e. The number of alkyl halides is 1. The fraction of sp³-hybridized carbons (Fsp3) is 0.333. The molecule has 10 nitrogen and oxygen atoms in total. The first kappa shape index (κ1) is 26.6. The predicted molar refractivity (Wildman–Crippen MR) is 132 cm³/mol. The molecule has 1 unspecified atom stereocenters. The lowest BCUT2D eigenvalue weighted by Gasteiger charge is -2.16. The summed E-state index contributed by atoms with van der Waals surface area (Å²) in [4.78, 5) is 49.1. The lowest BCUT2D eigenvalue weighted by Crippen LogP contribution is -2.43. The van der Waals surface area contributed by atoms with Crippen LogP contribution in [0.1, 0.15) is 47.8 Å². The summed E-state index contributed by atoms with van der Waals surface area (Å²) in [6.07, 6.45) is 0.840. The molecule has 0 spiro atoms. The van der Waals surface area contributed by atoms with Crippen LogP contribution in [0.15, 0.2) is 48.8 Å². The molecule has 0 N–H and O–H groups in total. The van der Waals surface area contributed by atoms with Crippen LogP contribution in [0.25, 0.3) is 22.8 Å². The molecule has 4 rings (SSSR count). The van der Waals surface area contributed by atoms with E-state index < -0.39 is 42.2 Å². The van der Waals surface area contributed by atoms with E-state index in [0.717, 1.165) is 12.1 Å². The van der Waals surface area contributed by atoms with Crippen molar-refractivity contribution in [2.45, 2.75) is 32.9 Å². The van der Waals surface area contributed by atoms with Gasteiger partial charge in [-0.3, -0.25) is 9.59 Å². The van der Waals surface area contributed by atoms with E-state index in [1.165, 1.54) is 18.2 Å². The lowest BCUT2D eigenvalue weighted by molar-refractivity contribution is 0.0478. The van der Waals surface area contributed by atoms with Gasteiger partial charge in [0.2, 0.25) is 11.5 Å². The van der Waals surface area contributed by atoms with Gasteiger partial charge >= 0.3 is 11.9 Å². The molecule has 1 aromatic carbocycles. The Labute approximate surface area is 214 Å². The first-order valence-corrected chi connectivity index (χ1v) is 12.0. The molecule has 11 heteroatoms. The van der Waals surface area contributed by atoms with Crippen molar-refractivity contribution in [1.29, 1.82) is 0 Å². The number of hydrogen-bond donors (Lipinski definition) is 0. The minimum Gasteiger partial charge on any atom is -0.494 e. The number of fused-ring (bicyclic) bond motifs is 2. The second-order valence-corrected chi connectivity index (χ2v) is 8.14. The molecule has 1 atom stereocenters. The van der Waals surface area contributed by atoms with Crippen molar-refractivity contribution in [3.8, 4) is 5.75 Å². The second-order valence-electron chi connectivity index (χ2n) is 8.14. The zero-order valence-electron chi connectivity index (χ0n) is 20.7. The fourth-order valence-corrected chi connectivity index (χ4v) is 3.86. The van der Waals surface area contributed by atoms with Crippen LogP contribution in [-0.2, 0) is 14.2 Å². The standard InChI is InChI=1S/C27H25FO10/c1-3-33-26(31)22-11-16(29)24-18(7-5-9-20(24)37-22)35-13-15(28)14-36-19-8-6-10-21-25(19)17(30)12-23(38-21)27(32)34-4-2/h5,7,9-12,15H,3-4,6,8,13-14H2,1-2H3. The molecule has 2 heterocycles. The molecular weight excluding hydrogens is 503 g/mol. The molecule has 0 amide bonds. The van der Waals surface area contributed by atoms with Crippen molar-refractivity contribution >= 4 is 34.7 Å². The number of carbonyl (C=O) groups excluding carboxylic acids is 2. The highest BCUT2D eigenvalue weighted by Gasteiger charge is 2.19. The van der Waals surface area contributed by atoms with Gasteiger partial charge in [-0.1, -0.05) is 6.07 Å². The zero-order chi connectivity index (χ0) is 27.2. The second kappa shape index (κ2) is 11.8. The predicted octanol–water partition coefficient (Wildman–Crippen LogP) is 2.22. The van der Waals surface area contributed by atoms with Crippen LogP contribution >= 0.6 is 0 Å². The highest BCUT2D eigenvalue weighted by molar-refractivity contribution is 5.90. The Morgan fingerprint density at radius 3 is 2.32 bits per heavy atom. The third-order valence-electron chi connectivity index (χ3n) is 5.48. The number of ether oxygens (including phenoxy) is 4. The minimum atomic E-state index is -1.62. The van der Waals surface area contributed by atoms with Crippen molar-refractivity contribution in [3.05, 3.63) is 72.9 Å². The van der Waals surface area contributed by atoms with Gasteiger partial charge in [0.15, 0.2) is 17.0 Å². The summed E-state index contributed by atoms with van der Waals surface area (Å²) in [5.74, 6) is -1.69. The molecule has 2 aromatic heterocycles. The summed E-state index contributed by atoms with van der Waals surface area (Å²) in [6, 6.07) is 6.51. The van der Waals surface area contributed by atoms with Crippen LogP contribution in [0.2, 0.25) is 0 Å².